The second kappa shape index (κ2) is 7.13. The monoisotopic (exact) mass is 336 g/mol. The number of carbonyl (C=O) groups is 1. The van der Waals surface area contributed by atoms with Crippen LogP contribution in [0.5, 0.6) is 0 Å². The maximum Gasteiger partial charge on any atom is 0.253 e. The zero-order valence-corrected chi connectivity index (χ0v) is 14.2. The smallest absolute Gasteiger partial charge is 0.253 e. The number of aryl methyl sites for hydroxylation is 1. The summed E-state index contributed by atoms with van der Waals surface area (Å²) < 4.78 is 29.3. The Hall–Kier alpha value is -2.21. The van der Waals surface area contributed by atoms with Crippen LogP contribution < -0.4 is 5.32 Å². The summed E-state index contributed by atoms with van der Waals surface area (Å²) in [6, 6.07) is 5.34. The van der Waals surface area contributed by atoms with E-state index in [1.54, 1.807) is 6.07 Å². The number of halogens is 2. The molecule has 130 valence electrons. The number of carbonyl (C=O) groups excluding carboxylic acids is 1. The summed E-state index contributed by atoms with van der Waals surface area (Å²) in [6.45, 7) is 7.52. The van der Waals surface area contributed by atoms with Crippen molar-refractivity contribution >= 4 is 5.91 Å². The largest absolute Gasteiger partial charge is 0.386 e. The van der Waals surface area contributed by atoms with Crippen molar-refractivity contribution in [3.63, 3.8) is 0 Å². The van der Waals surface area contributed by atoms with Gasteiger partial charge in [-0.3, -0.25) is 4.79 Å². The third kappa shape index (κ3) is 3.48. The fourth-order valence-electron chi connectivity index (χ4n) is 3.02. The molecule has 0 bridgehead atoms. The molecule has 0 spiro atoms. The first-order valence-electron chi connectivity index (χ1n) is 7.82. The van der Waals surface area contributed by atoms with E-state index in [-0.39, 0.29) is 18.5 Å². The van der Waals surface area contributed by atoms with Crippen LogP contribution in [0.4, 0.5) is 8.78 Å². The van der Waals surface area contributed by atoms with Gasteiger partial charge in [-0.2, -0.15) is 0 Å². The summed E-state index contributed by atoms with van der Waals surface area (Å²) in [7, 11) is 0. The van der Waals surface area contributed by atoms with E-state index in [0.717, 1.165) is 23.5 Å². The molecule has 4 nitrogen and oxygen atoms in total. The van der Waals surface area contributed by atoms with Crippen molar-refractivity contribution in [1.29, 1.82) is 0 Å². The number of aliphatic hydroxyl groups is 1. The Balaban J connectivity index is 2.13. The average molecular weight is 336 g/mol. The highest BCUT2D eigenvalue weighted by Gasteiger charge is 2.21. The normalized spacial score (nSPS) is 12.5. The topological polar surface area (TPSA) is 54.3 Å². The lowest BCUT2D eigenvalue weighted by atomic mass is 10.1. The molecule has 0 fully saturated rings. The predicted molar refractivity (Wildman–Crippen MR) is 87.9 cm³/mol. The molecule has 0 aliphatic rings. The van der Waals surface area contributed by atoms with Gasteiger partial charge in [0.1, 0.15) is 17.7 Å². The zero-order valence-electron chi connectivity index (χ0n) is 14.2. The van der Waals surface area contributed by atoms with Crippen LogP contribution in [0.1, 0.15) is 53.3 Å². The van der Waals surface area contributed by atoms with E-state index in [0.29, 0.717) is 5.56 Å². The molecule has 0 aliphatic heterocycles. The summed E-state index contributed by atoms with van der Waals surface area (Å²) in [6.07, 6.45) is -1.45. The molecule has 2 rings (SSSR count). The van der Waals surface area contributed by atoms with Crippen LogP contribution in [0.25, 0.3) is 0 Å². The minimum Gasteiger partial charge on any atom is -0.386 e. The molecule has 1 aromatic heterocycles. The van der Waals surface area contributed by atoms with Crippen molar-refractivity contribution in [2.45, 2.75) is 39.8 Å². The van der Waals surface area contributed by atoms with Gasteiger partial charge in [-0.1, -0.05) is 6.07 Å². The van der Waals surface area contributed by atoms with Gasteiger partial charge >= 0.3 is 0 Å². The molecule has 6 heteroatoms. The molecule has 0 saturated heterocycles. The molecule has 0 aliphatic carbocycles. The van der Waals surface area contributed by atoms with Gasteiger partial charge in [0.2, 0.25) is 0 Å². The molecule has 2 aromatic rings. The number of nitrogens with one attached hydrogen (secondary N) is 1. The molecule has 1 heterocycles. The Morgan fingerprint density at radius 2 is 1.83 bits per heavy atom. The zero-order chi connectivity index (χ0) is 18.0. The molecular formula is C18H22F2N2O2. The molecule has 0 radical (unpaired) electrons. The number of hydrogen-bond acceptors (Lipinski definition) is 2. The maximum atomic E-state index is 13.6. The minimum atomic E-state index is -1.45. The fourth-order valence-corrected chi connectivity index (χ4v) is 3.02. The van der Waals surface area contributed by atoms with Gasteiger partial charge in [-0.15, -0.1) is 0 Å². The molecular weight excluding hydrogens is 314 g/mol. The lowest BCUT2D eigenvalue weighted by Gasteiger charge is -2.15. The number of aromatic nitrogens is 1. The van der Waals surface area contributed by atoms with Gasteiger partial charge in [-0.25, -0.2) is 8.78 Å². The van der Waals surface area contributed by atoms with Gasteiger partial charge in [-0.05, 0) is 45.9 Å². The van der Waals surface area contributed by atoms with Crippen molar-refractivity contribution in [3.05, 3.63) is 58.4 Å². The van der Waals surface area contributed by atoms with Crippen molar-refractivity contribution in [3.8, 4) is 0 Å². The highest BCUT2D eigenvalue weighted by molar-refractivity contribution is 5.95. The second-order valence-corrected chi connectivity index (χ2v) is 6.11. The SMILES string of the molecule is Cc1cc(C(=O)NC[C@@H](O)c2c(F)cccc2F)c(C)n1C(C)C. The van der Waals surface area contributed by atoms with Gasteiger partial charge in [0.15, 0.2) is 0 Å². The second-order valence-electron chi connectivity index (χ2n) is 6.11. The summed E-state index contributed by atoms with van der Waals surface area (Å²) in [5.41, 5.74) is 1.81. The molecule has 0 saturated carbocycles. The Morgan fingerprint density at radius 3 is 2.33 bits per heavy atom. The van der Waals surface area contributed by atoms with E-state index >= 15 is 0 Å². The number of benzene rings is 1. The summed E-state index contributed by atoms with van der Waals surface area (Å²) in [5.74, 6) is -2.06. The van der Waals surface area contributed by atoms with Gasteiger partial charge in [0.05, 0.1) is 11.1 Å². The lowest BCUT2D eigenvalue weighted by Crippen LogP contribution is -2.29. The number of amides is 1. The summed E-state index contributed by atoms with van der Waals surface area (Å²) in [4.78, 5) is 12.3. The highest BCUT2D eigenvalue weighted by atomic mass is 19.1. The van der Waals surface area contributed by atoms with Gasteiger partial charge < -0.3 is 15.0 Å². The third-order valence-electron chi connectivity index (χ3n) is 4.03. The van der Waals surface area contributed by atoms with E-state index in [2.05, 4.69) is 5.32 Å². The first-order valence-corrected chi connectivity index (χ1v) is 7.82. The lowest BCUT2D eigenvalue weighted by molar-refractivity contribution is 0.0910. The van der Waals surface area contributed by atoms with Crippen LogP contribution in [0.2, 0.25) is 0 Å². The molecule has 1 aromatic carbocycles. The Labute approximate surface area is 140 Å². The summed E-state index contributed by atoms with van der Waals surface area (Å²) >= 11 is 0. The van der Waals surface area contributed by atoms with Crippen LogP contribution >= 0.6 is 0 Å². The quantitative estimate of drug-likeness (QED) is 0.879. The summed E-state index contributed by atoms with van der Waals surface area (Å²) in [5, 5.41) is 12.5. The van der Waals surface area contributed by atoms with Crippen LogP contribution in [-0.4, -0.2) is 22.1 Å². The Bertz CT molecular complexity index is 733. The van der Waals surface area contributed by atoms with Crippen molar-refractivity contribution in [2.75, 3.05) is 6.54 Å². The Kier molecular flexibility index (Phi) is 5.39. The highest BCUT2D eigenvalue weighted by Crippen LogP contribution is 2.22. The van der Waals surface area contributed by atoms with Crippen molar-refractivity contribution < 1.29 is 18.7 Å². The molecule has 2 N–H and O–H groups in total. The number of rotatable bonds is 5. The first-order chi connectivity index (χ1) is 11.2. The van der Waals surface area contributed by atoms with Gasteiger partial charge in [0.25, 0.3) is 5.91 Å². The predicted octanol–water partition coefficient (Wildman–Crippen LogP) is 3.43. The Morgan fingerprint density at radius 1 is 1.25 bits per heavy atom. The minimum absolute atomic E-state index is 0.213. The van der Waals surface area contributed by atoms with Crippen molar-refractivity contribution in [1.82, 2.24) is 9.88 Å². The molecule has 24 heavy (non-hydrogen) atoms. The van der Waals surface area contributed by atoms with Crippen LogP contribution in [0.15, 0.2) is 24.3 Å². The molecule has 0 unspecified atom stereocenters. The van der Waals surface area contributed by atoms with E-state index in [4.69, 9.17) is 0 Å². The van der Waals surface area contributed by atoms with E-state index in [9.17, 15) is 18.7 Å². The van der Waals surface area contributed by atoms with Gasteiger partial charge in [0, 0.05) is 24.0 Å². The van der Waals surface area contributed by atoms with Crippen molar-refractivity contribution in [2.24, 2.45) is 0 Å². The molecule has 1 atom stereocenters. The molecule has 1 amide bonds. The number of aliphatic hydroxyl groups excluding tert-OH is 1. The number of nitrogens with zero attached hydrogens (tertiary/aromatic N) is 1. The van der Waals surface area contributed by atoms with E-state index < -0.39 is 23.3 Å². The van der Waals surface area contributed by atoms with Crippen LogP contribution in [0.3, 0.4) is 0 Å². The average Bonchev–Trinajstić information content (AvgIpc) is 2.79. The standard InChI is InChI=1S/C18H22F2N2O2/c1-10(2)22-11(3)8-13(12(22)4)18(24)21-9-16(23)17-14(19)6-5-7-15(17)20/h5-8,10,16,23H,9H2,1-4H3,(H,21,24)/t16-/m1/s1. The van der Waals surface area contributed by atoms with Crippen LogP contribution in [-0.2, 0) is 0 Å². The fraction of sp³-hybridized carbons (Fsp3) is 0.389. The first kappa shape index (κ1) is 18.1. The van der Waals surface area contributed by atoms with E-state index in [1.807, 2.05) is 32.3 Å². The van der Waals surface area contributed by atoms with Crippen LogP contribution in [0, 0.1) is 25.5 Å². The maximum absolute atomic E-state index is 13.6. The van der Waals surface area contributed by atoms with E-state index in [1.165, 1.54) is 6.07 Å². The number of hydrogen-bond donors (Lipinski definition) is 2. The third-order valence-corrected chi connectivity index (χ3v) is 4.03.